The Morgan fingerprint density at radius 3 is 2.50 bits per heavy atom. The monoisotopic (exact) mass is 314 g/mol. The molecule has 112 valence electrons. The number of carbonyl (C=O) groups is 1. The third-order valence-corrected chi connectivity index (χ3v) is 5.80. The molecule has 1 heterocycles. The van der Waals surface area contributed by atoms with E-state index < -0.39 is 5.54 Å². The smallest absolute Gasteiger partial charge is 0.240 e. The zero-order valence-corrected chi connectivity index (χ0v) is 13.3. The number of rotatable bonds is 4. The maximum absolute atomic E-state index is 12.0. The van der Waals surface area contributed by atoms with Crippen molar-refractivity contribution in [2.75, 3.05) is 6.54 Å². The normalized spacial score (nSPS) is 22.6. The molecule has 1 amide bonds. The van der Waals surface area contributed by atoms with Crippen LogP contribution in [-0.4, -0.2) is 18.0 Å². The minimum absolute atomic E-state index is 0. The minimum Gasteiger partial charge on any atom is -0.354 e. The van der Waals surface area contributed by atoms with Gasteiger partial charge in [0.25, 0.3) is 0 Å². The second kappa shape index (κ2) is 6.04. The average Bonchev–Trinajstić information content (AvgIpc) is 2.96. The molecule has 2 aliphatic carbocycles. The van der Waals surface area contributed by atoms with E-state index >= 15 is 0 Å². The molecule has 3 N–H and O–H groups in total. The fourth-order valence-corrected chi connectivity index (χ4v) is 4.09. The molecule has 0 unspecified atom stereocenters. The topological polar surface area (TPSA) is 55.1 Å². The van der Waals surface area contributed by atoms with Gasteiger partial charge < -0.3 is 11.1 Å². The van der Waals surface area contributed by atoms with Gasteiger partial charge in [-0.15, -0.1) is 23.7 Å². The third-order valence-electron chi connectivity index (χ3n) is 4.68. The Bertz CT molecular complexity index is 450. The summed E-state index contributed by atoms with van der Waals surface area (Å²) >= 11 is 1.82. The SMILES string of the molecule is Cl.NC1(C(=O)NCC2(c3cccs3)CCCCC2)CC1. The predicted molar refractivity (Wildman–Crippen MR) is 85.5 cm³/mol. The van der Waals surface area contributed by atoms with Crippen LogP contribution >= 0.6 is 23.7 Å². The molecular weight excluding hydrogens is 292 g/mol. The van der Waals surface area contributed by atoms with Gasteiger partial charge in [-0.25, -0.2) is 0 Å². The molecule has 1 aromatic heterocycles. The van der Waals surface area contributed by atoms with Crippen molar-refractivity contribution in [3.8, 4) is 0 Å². The van der Waals surface area contributed by atoms with Gasteiger partial charge in [0.15, 0.2) is 0 Å². The van der Waals surface area contributed by atoms with Crippen LogP contribution in [0.4, 0.5) is 0 Å². The van der Waals surface area contributed by atoms with E-state index in [0.29, 0.717) is 0 Å². The molecule has 0 aliphatic heterocycles. The van der Waals surface area contributed by atoms with E-state index in [4.69, 9.17) is 5.73 Å². The van der Waals surface area contributed by atoms with E-state index in [1.165, 1.54) is 37.0 Å². The van der Waals surface area contributed by atoms with Crippen molar-refractivity contribution >= 4 is 29.7 Å². The van der Waals surface area contributed by atoms with Crippen molar-refractivity contribution in [1.29, 1.82) is 0 Å². The summed E-state index contributed by atoms with van der Waals surface area (Å²) in [5, 5.41) is 5.26. The van der Waals surface area contributed by atoms with Crippen LogP contribution in [0.1, 0.15) is 49.8 Å². The molecule has 5 heteroatoms. The van der Waals surface area contributed by atoms with Crippen LogP contribution in [-0.2, 0) is 10.2 Å². The van der Waals surface area contributed by atoms with Crippen molar-refractivity contribution in [1.82, 2.24) is 5.32 Å². The molecule has 0 atom stereocenters. The molecule has 2 saturated carbocycles. The van der Waals surface area contributed by atoms with Gasteiger partial charge in [0.2, 0.25) is 5.91 Å². The zero-order valence-electron chi connectivity index (χ0n) is 11.7. The molecule has 0 spiro atoms. The molecule has 2 fully saturated rings. The van der Waals surface area contributed by atoms with Crippen LogP contribution in [0.25, 0.3) is 0 Å². The lowest BCUT2D eigenvalue weighted by atomic mass is 9.73. The molecule has 2 aliphatic rings. The molecule has 0 saturated heterocycles. The average molecular weight is 315 g/mol. The molecule has 0 aromatic carbocycles. The van der Waals surface area contributed by atoms with Crippen molar-refractivity contribution in [3.05, 3.63) is 22.4 Å². The van der Waals surface area contributed by atoms with Gasteiger partial charge in [-0.05, 0) is 37.1 Å². The molecule has 20 heavy (non-hydrogen) atoms. The van der Waals surface area contributed by atoms with Crippen LogP contribution in [0.5, 0.6) is 0 Å². The van der Waals surface area contributed by atoms with Gasteiger partial charge in [-0.1, -0.05) is 25.3 Å². The molecule has 0 radical (unpaired) electrons. The predicted octanol–water partition coefficient (Wildman–Crippen LogP) is 2.98. The van der Waals surface area contributed by atoms with E-state index in [1.54, 1.807) is 0 Å². The molecule has 1 aromatic rings. The van der Waals surface area contributed by atoms with Gasteiger partial charge in [0, 0.05) is 16.8 Å². The number of hydrogen-bond acceptors (Lipinski definition) is 3. The summed E-state index contributed by atoms with van der Waals surface area (Å²) < 4.78 is 0. The Kier molecular flexibility index (Phi) is 4.77. The summed E-state index contributed by atoms with van der Waals surface area (Å²) in [7, 11) is 0. The van der Waals surface area contributed by atoms with Crippen molar-refractivity contribution in [3.63, 3.8) is 0 Å². The fraction of sp³-hybridized carbons (Fsp3) is 0.667. The number of carbonyl (C=O) groups excluding carboxylic acids is 1. The lowest BCUT2D eigenvalue weighted by Crippen LogP contribution is -2.48. The Morgan fingerprint density at radius 2 is 1.95 bits per heavy atom. The first kappa shape index (κ1) is 15.8. The van der Waals surface area contributed by atoms with E-state index in [1.807, 2.05) is 11.3 Å². The summed E-state index contributed by atoms with van der Waals surface area (Å²) in [5.74, 6) is 0.0500. The van der Waals surface area contributed by atoms with Crippen LogP contribution in [0.15, 0.2) is 17.5 Å². The van der Waals surface area contributed by atoms with Crippen LogP contribution in [0.2, 0.25) is 0 Å². The highest BCUT2D eigenvalue weighted by atomic mass is 35.5. The lowest BCUT2D eigenvalue weighted by Gasteiger charge is -2.37. The number of hydrogen-bond donors (Lipinski definition) is 2. The third kappa shape index (κ3) is 3.02. The number of thiophene rings is 1. The Balaban J connectivity index is 0.00000147. The van der Waals surface area contributed by atoms with E-state index in [0.717, 1.165) is 19.4 Å². The standard InChI is InChI=1S/C15H22N2OS.ClH/c16-15(8-9-15)13(18)17-11-14(6-2-1-3-7-14)12-5-4-10-19-12;/h4-5,10H,1-3,6-9,11,16H2,(H,17,18);1H. The maximum Gasteiger partial charge on any atom is 0.240 e. The Morgan fingerprint density at radius 1 is 1.25 bits per heavy atom. The van der Waals surface area contributed by atoms with Gasteiger partial charge in [-0.2, -0.15) is 0 Å². The highest BCUT2D eigenvalue weighted by Crippen LogP contribution is 2.41. The zero-order chi connectivity index (χ0) is 13.3. The first-order chi connectivity index (χ1) is 9.15. The van der Waals surface area contributed by atoms with Crippen LogP contribution in [0, 0.1) is 0 Å². The molecular formula is C15H23ClN2OS. The van der Waals surface area contributed by atoms with Gasteiger partial charge in [0.1, 0.15) is 0 Å². The highest BCUT2D eigenvalue weighted by molar-refractivity contribution is 7.10. The van der Waals surface area contributed by atoms with Gasteiger partial charge in [-0.3, -0.25) is 4.79 Å². The fourth-order valence-electron chi connectivity index (χ4n) is 3.11. The second-order valence-corrected chi connectivity index (χ2v) is 7.10. The van der Waals surface area contributed by atoms with E-state index in [9.17, 15) is 4.79 Å². The first-order valence-electron chi connectivity index (χ1n) is 7.26. The first-order valence-corrected chi connectivity index (χ1v) is 8.14. The minimum atomic E-state index is -0.550. The van der Waals surface area contributed by atoms with Crippen molar-refractivity contribution in [2.24, 2.45) is 5.73 Å². The summed E-state index contributed by atoms with van der Waals surface area (Å²) in [6, 6.07) is 4.33. The Hall–Kier alpha value is -0.580. The molecule has 3 nitrogen and oxygen atoms in total. The summed E-state index contributed by atoms with van der Waals surface area (Å²) in [6.07, 6.45) is 7.90. The second-order valence-electron chi connectivity index (χ2n) is 6.16. The molecule has 0 bridgehead atoms. The van der Waals surface area contributed by atoms with Crippen molar-refractivity contribution in [2.45, 2.75) is 55.9 Å². The Labute approximate surface area is 130 Å². The van der Waals surface area contributed by atoms with Gasteiger partial charge in [0.05, 0.1) is 5.54 Å². The van der Waals surface area contributed by atoms with Gasteiger partial charge >= 0.3 is 0 Å². The summed E-state index contributed by atoms with van der Waals surface area (Å²) in [4.78, 5) is 13.5. The van der Waals surface area contributed by atoms with E-state index in [-0.39, 0.29) is 23.7 Å². The summed E-state index contributed by atoms with van der Waals surface area (Å²) in [5.41, 5.74) is 5.57. The summed E-state index contributed by atoms with van der Waals surface area (Å²) in [6.45, 7) is 0.755. The number of halogens is 1. The quantitative estimate of drug-likeness (QED) is 0.897. The van der Waals surface area contributed by atoms with E-state index in [2.05, 4.69) is 22.8 Å². The maximum atomic E-state index is 12.0. The van der Waals surface area contributed by atoms with Crippen LogP contribution < -0.4 is 11.1 Å². The largest absolute Gasteiger partial charge is 0.354 e. The lowest BCUT2D eigenvalue weighted by molar-refractivity contribution is -0.123. The number of nitrogens with two attached hydrogens (primary N) is 1. The highest BCUT2D eigenvalue weighted by Gasteiger charge is 2.46. The van der Waals surface area contributed by atoms with Crippen molar-refractivity contribution < 1.29 is 4.79 Å². The number of amides is 1. The number of nitrogens with one attached hydrogen (secondary N) is 1. The molecule has 3 rings (SSSR count). The van der Waals surface area contributed by atoms with Crippen LogP contribution in [0.3, 0.4) is 0 Å².